The number of piperidine rings is 1. The molecular weight excluding hydrogens is 535 g/mol. The predicted octanol–water partition coefficient (Wildman–Crippen LogP) is 4.65. The van der Waals surface area contributed by atoms with Crippen molar-refractivity contribution in [2.45, 2.75) is 25.7 Å². The molecule has 37 heavy (non-hydrogen) atoms. The average Bonchev–Trinajstić information content (AvgIpc) is 3.39. The molecule has 200 valence electrons. The topological polar surface area (TPSA) is 101 Å². The normalized spacial score (nSPS) is 14.3. The number of nitrogens with zero attached hydrogens (tertiary/aromatic N) is 3. The van der Waals surface area contributed by atoms with Gasteiger partial charge in [-0.25, -0.2) is 13.4 Å². The molecule has 1 saturated heterocycles. The van der Waals surface area contributed by atoms with Crippen molar-refractivity contribution in [3.63, 3.8) is 0 Å². The Kier molecular flexibility index (Phi) is 11.3. The Hall–Kier alpha value is -2.72. The predicted molar refractivity (Wildman–Crippen MR) is 150 cm³/mol. The summed E-state index contributed by atoms with van der Waals surface area (Å²) in [6.07, 6.45) is 9.25. The summed E-state index contributed by atoms with van der Waals surface area (Å²) in [6.45, 7) is 2.50. The summed E-state index contributed by atoms with van der Waals surface area (Å²) < 4.78 is 27.0. The SMILES string of the molecule is CS(=O)(=O)Nc1ccc(C(=O)C2CCN(CCCC(=O)c3ccc(-n4ccnc4)cc3)CC2)cc1.Cl.Cl. The van der Waals surface area contributed by atoms with Crippen LogP contribution in [0.3, 0.4) is 0 Å². The minimum atomic E-state index is -3.34. The molecule has 11 heteroatoms. The number of likely N-dealkylation sites (tertiary alicyclic amines) is 1. The van der Waals surface area contributed by atoms with Crippen LogP contribution in [0.25, 0.3) is 5.69 Å². The minimum absolute atomic E-state index is 0. The van der Waals surface area contributed by atoms with Crippen LogP contribution in [0.5, 0.6) is 0 Å². The zero-order chi connectivity index (χ0) is 24.8. The first-order chi connectivity index (χ1) is 16.8. The smallest absolute Gasteiger partial charge is 0.229 e. The fraction of sp³-hybridized carbons (Fsp3) is 0.346. The maximum Gasteiger partial charge on any atom is 0.229 e. The van der Waals surface area contributed by atoms with E-state index in [1.165, 1.54) is 0 Å². The third-order valence-corrected chi connectivity index (χ3v) is 6.91. The zero-order valence-corrected chi connectivity index (χ0v) is 23.0. The van der Waals surface area contributed by atoms with Crippen LogP contribution in [0.2, 0.25) is 0 Å². The Balaban J connectivity index is 0.00000241. The van der Waals surface area contributed by atoms with Gasteiger partial charge in [-0.3, -0.25) is 14.3 Å². The number of Topliss-reactive ketones (excluding diaryl/α,β-unsaturated/α-hetero) is 2. The van der Waals surface area contributed by atoms with Crippen molar-refractivity contribution in [3.05, 3.63) is 78.4 Å². The molecule has 1 aromatic heterocycles. The Morgan fingerprint density at radius 1 is 0.973 bits per heavy atom. The number of imidazole rings is 1. The summed E-state index contributed by atoms with van der Waals surface area (Å²) in [5, 5.41) is 0. The van der Waals surface area contributed by atoms with Gasteiger partial charge in [-0.1, -0.05) is 0 Å². The molecule has 0 atom stereocenters. The average molecular weight is 568 g/mol. The molecule has 8 nitrogen and oxygen atoms in total. The van der Waals surface area contributed by atoms with Crippen LogP contribution in [0.15, 0.2) is 67.3 Å². The second-order valence-corrected chi connectivity index (χ2v) is 10.7. The number of hydrogen-bond acceptors (Lipinski definition) is 6. The maximum atomic E-state index is 12.9. The van der Waals surface area contributed by atoms with Gasteiger partial charge >= 0.3 is 0 Å². The van der Waals surface area contributed by atoms with Crippen LogP contribution in [-0.2, 0) is 10.0 Å². The summed E-state index contributed by atoms with van der Waals surface area (Å²) >= 11 is 0. The van der Waals surface area contributed by atoms with E-state index in [4.69, 9.17) is 0 Å². The molecule has 0 bridgehead atoms. The van der Waals surface area contributed by atoms with Gasteiger partial charge in [0.2, 0.25) is 10.0 Å². The molecule has 1 aliphatic rings. The van der Waals surface area contributed by atoms with Crippen molar-refractivity contribution in [1.29, 1.82) is 0 Å². The molecule has 0 spiro atoms. The molecule has 2 aromatic carbocycles. The Morgan fingerprint density at radius 2 is 1.59 bits per heavy atom. The van der Waals surface area contributed by atoms with Gasteiger partial charge in [0.15, 0.2) is 11.6 Å². The van der Waals surface area contributed by atoms with E-state index in [1.54, 1.807) is 36.8 Å². The van der Waals surface area contributed by atoms with E-state index in [-0.39, 0.29) is 42.3 Å². The van der Waals surface area contributed by atoms with E-state index in [0.717, 1.165) is 56.4 Å². The van der Waals surface area contributed by atoms with Crippen molar-refractivity contribution in [1.82, 2.24) is 14.5 Å². The van der Waals surface area contributed by atoms with Gasteiger partial charge in [-0.15, -0.1) is 24.8 Å². The van der Waals surface area contributed by atoms with Crippen molar-refractivity contribution in [3.8, 4) is 5.69 Å². The van der Waals surface area contributed by atoms with E-state index < -0.39 is 10.0 Å². The van der Waals surface area contributed by atoms with E-state index in [0.29, 0.717) is 17.7 Å². The molecule has 2 heterocycles. The van der Waals surface area contributed by atoms with Gasteiger partial charge in [-0.2, -0.15) is 0 Å². The number of nitrogens with one attached hydrogen (secondary N) is 1. The van der Waals surface area contributed by atoms with Gasteiger partial charge in [0, 0.05) is 47.2 Å². The van der Waals surface area contributed by atoms with Crippen molar-refractivity contribution in [2.24, 2.45) is 5.92 Å². The summed E-state index contributed by atoms with van der Waals surface area (Å²) in [5.74, 6) is 0.210. The molecule has 1 N–H and O–H groups in total. The summed E-state index contributed by atoms with van der Waals surface area (Å²) in [7, 11) is -3.34. The van der Waals surface area contributed by atoms with Crippen molar-refractivity contribution in [2.75, 3.05) is 30.6 Å². The molecular formula is C26H32Cl2N4O4S. The number of aromatic nitrogens is 2. The highest BCUT2D eigenvalue weighted by molar-refractivity contribution is 7.92. The summed E-state index contributed by atoms with van der Waals surface area (Å²) in [4.78, 5) is 31.8. The Labute approximate surface area is 230 Å². The second-order valence-electron chi connectivity index (χ2n) is 8.98. The molecule has 1 fully saturated rings. The maximum absolute atomic E-state index is 12.9. The Bertz CT molecular complexity index is 1260. The lowest BCUT2D eigenvalue weighted by molar-refractivity contribution is 0.0837. The lowest BCUT2D eigenvalue weighted by Gasteiger charge is -2.31. The second kappa shape index (κ2) is 13.7. The highest BCUT2D eigenvalue weighted by Gasteiger charge is 2.25. The molecule has 3 aromatic rings. The molecule has 4 rings (SSSR count). The van der Waals surface area contributed by atoms with Gasteiger partial charge in [0.25, 0.3) is 0 Å². The zero-order valence-electron chi connectivity index (χ0n) is 20.6. The molecule has 1 aliphatic heterocycles. The number of ketones is 2. The van der Waals surface area contributed by atoms with Crippen LogP contribution in [0.4, 0.5) is 5.69 Å². The first kappa shape index (κ1) is 30.5. The Morgan fingerprint density at radius 3 is 2.16 bits per heavy atom. The van der Waals surface area contributed by atoms with Gasteiger partial charge < -0.3 is 9.47 Å². The number of halogens is 2. The lowest BCUT2D eigenvalue weighted by Crippen LogP contribution is -2.37. The number of sulfonamides is 1. The quantitative estimate of drug-likeness (QED) is 0.358. The number of carbonyl (C=O) groups is 2. The monoisotopic (exact) mass is 566 g/mol. The van der Waals surface area contributed by atoms with E-state index >= 15 is 0 Å². The summed E-state index contributed by atoms with van der Waals surface area (Å²) in [5.41, 5.74) is 2.74. The van der Waals surface area contributed by atoms with Crippen molar-refractivity contribution >= 4 is 52.1 Å². The third kappa shape index (κ3) is 8.67. The lowest BCUT2D eigenvalue weighted by atomic mass is 9.88. The van der Waals surface area contributed by atoms with Crippen molar-refractivity contribution < 1.29 is 18.0 Å². The number of benzene rings is 2. The summed E-state index contributed by atoms with van der Waals surface area (Å²) in [6, 6.07) is 14.2. The first-order valence-corrected chi connectivity index (χ1v) is 13.6. The fourth-order valence-electron chi connectivity index (χ4n) is 4.41. The van der Waals surface area contributed by atoms with E-state index in [2.05, 4.69) is 14.6 Å². The van der Waals surface area contributed by atoms with Crippen LogP contribution in [-0.4, -0.2) is 60.3 Å². The third-order valence-electron chi connectivity index (χ3n) is 6.30. The number of anilines is 1. The van der Waals surface area contributed by atoms with Gasteiger partial charge in [0.05, 0.1) is 12.6 Å². The van der Waals surface area contributed by atoms with Gasteiger partial charge in [-0.05, 0) is 87.4 Å². The van der Waals surface area contributed by atoms with Crippen LogP contribution in [0.1, 0.15) is 46.4 Å². The van der Waals surface area contributed by atoms with E-state index in [1.807, 2.05) is 35.0 Å². The minimum Gasteiger partial charge on any atom is -0.306 e. The van der Waals surface area contributed by atoms with E-state index in [9.17, 15) is 18.0 Å². The molecule has 0 unspecified atom stereocenters. The van der Waals surface area contributed by atoms with Gasteiger partial charge in [0.1, 0.15) is 0 Å². The van der Waals surface area contributed by atoms with Crippen LogP contribution in [0, 0.1) is 5.92 Å². The van der Waals surface area contributed by atoms with Crippen LogP contribution >= 0.6 is 24.8 Å². The highest BCUT2D eigenvalue weighted by Crippen LogP contribution is 2.23. The number of rotatable bonds is 10. The molecule has 0 radical (unpaired) electrons. The largest absolute Gasteiger partial charge is 0.306 e. The molecule has 0 saturated carbocycles. The number of hydrogen-bond donors (Lipinski definition) is 1. The fourth-order valence-corrected chi connectivity index (χ4v) is 4.97. The standard InChI is InChI=1S/C26H30N4O4S.2ClH/c1-35(33,34)28-23-8-4-21(5-9-23)26(32)22-12-16-29(17-13-22)15-2-3-25(31)20-6-10-24(11-7-20)30-18-14-27-19-30;;/h4-11,14,18-19,22,28H,2-3,12-13,15-17H2,1H3;2*1H. The van der Waals surface area contributed by atoms with Crippen LogP contribution < -0.4 is 4.72 Å². The molecule has 0 amide bonds. The first-order valence-electron chi connectivity index (χ1n) is 11.7. The molecule has 0 aliphatic carbocycles. The highest BCUT2D eigenvalue weighted by atomic mass is 35.5. The number of carbonyl (C=O) groups excluding carboxylic acids is 2.